The van der Waals surface area contributed by atoms with Crippen LogP contribution in [-0.2, 0) is 6.42 Å². The number of hydrogen-bond acceptors (Lipinski definition) is 4. The average Bonchev–Trinajstić information content (AvgIpc) is 2.33. The first-order valence-electron chi connectivity index (χ1n) is 4.15. The highest BCUT2D eigenvalue weighted by Gasteiger charge is 2.12. The van der Waals surface area contributed by atoms with Crippen molar-refractivity contribution in [3.8, 4) is 0 Å². The minimum absolute atomic E-state index is 0.516. The molecule has 0 saturated carbocycles. The average molecular weight is 184 g/mol. The van der Waals surface area contributed by atoms with Gasteiger partial charge in [0.25, 0.3) is 0 Å². The van der Waals surface area contributed by atoms with Gasteiger partial charge in [0.2, 0.25) is 0 Å². The molecule has 0 atom stereocenters. The van der Waals surface area contributed by atoms with Crippen LogP contribution >= 0.6 is 0 Å². The molecule has 6 heteroatoms. The summed E-state index contributed by atoms with van der Waals surface area (Å²) in [7, 11) is -1.83. The van der Waals surface area contributed by atoms with Gasteiger partial charge in [-0.2, -0.15) is 0 Å². The Balaban J connectivity index is 2.53. The monoisotopic (exact) mass is 184 g/mol. The molecule has 2 N–H and O–H groups in total. The van der Waals surface area contributed by atoms with Gasteiger partial charge in [-0.1, -0.05) is 13.8 Å². The quantitative estimate of drug-likeness (QED) is 0.617. The van der Waals surface area contributed by atoms with E-state index in [-0.39, 0.29) is 0 Å². The van der Waals surface area contributed by atoms with Crippen molar-refractivity contribution in [2.24, 2.45) is 5.92 Å². The van der Waals surface area contributed by atoms with E-state index in [9.17, 15) is 0 Å². The number of hydrogen-bond donors (Lipinski definition) is 2. The van der Waals surface area contributed by atoms with E-state index >= 15 is 0 Å². The SMILES string of the molecule is CC(C)Cc1ccn(OB(O)O)n1. The third kappa shape index (κ3) is 3.48. The highest BCUT2D eigenvalue weighted by Crippen LogP contribution is 2.03. The molecule has 13 heavy (non-hydrogen) atoms. The second-order valence-corrected chi connectivity index (χ2v) is 3.24. The first-order chi connectivity index (χ1) is 6.08. The lowest BCUT2D eigenvalue weighted by Crippen LogP contribution is -2.29. The van der Waals surface area contributed by atoms with Crippen molar-refractivity contribution in [1.29, 1.82) is 0 Å². The van der Waals surface area contributed by atoms with Gasteiger partial charge in [0.05, 0.1) is 11.9 Å². The zero-order valence-electron chi connectivity index (χ0n) is 7.71. The lowest BCUT2D eigenvalue weighted by molar-refractivity contribution is 0.140. The molecule has 0 aliphatic heterocycles. The van der Waals surface area contributed by atoms with Crippen LogP contribution in [0.5, 0.6) is 0 Å². The summed E-state index contributed by atoms with van der Waals surface area (Å²) < 4.78 is 4.49. The molecule has 0 saturated heterocycles. The fraction of sp³-hybridized carbons (Fsp3) is 0.571. The van der Waals surface area contributed by atoms with Crippen LogP contribution in [0.25, 0.3) is 0 Å². The van der Waals surface area contributed by atoms with E-state index in [4.69, 9.17) is 10.0 Å². The van der Waals surface area contributed by atoms with Crippen molar-refractivity contribution in [2.75, 3.05) is 0 Å². The van der Waals surface area contributed by atoms with Gasteiger partial charge in [-0.15, -0.1) is 9.94 Å². The van der Waals surface area contributed by atoms with Crippen LogP contribution in [0.4, 0.5) is 0 Å². The third-order valence-corrected chi connectivity index (χ3v) is 1.44. The molecule has 0 spiro atoms. The minimum Gasteiger partial charge on any atom is -0.405 e. The number of nitrogens with zero attached hydrogens (tertiary/aromatic N) is 2. The summed E-state index contributed by atoms with van der Waals surface area (Å²) >= 11 is 0. The standard InChI is InChI=1S/C7H13BN2O3/c1-6(2)5-7-3-4-10(9-7)13-8(11)12/h3-4,6,11-12H,5H2,1-2H3. The van der Waals surface area contributed by atoms with E-state index in [0.717, 1.165) is 17.0 Å². The molecule has 0 aliphatic rings. The molecule has 1 aromatic heterocycles. The maximum absolute atomic E-state index is 8.47. The minimum atomic E-state index is -1.83. The van der Waals surface area contributed by atoms with E-state index in [1.165, 1.54) is 6.20 Å². The fourth-order valence-corrected chi connectivity index (χ4v) is 1.03. The van der Waals surface area contributed by atoms with Gasteiger partial charge in [-0.25, -0.2) is 0 Å². The largest absolute Gasteiger partial charge is 0.729 e. The second kappa shape index (κ2) is 4.29. The summed E-state index contributed by atoms with van der Waals surface area (Å²) in [4.78, 5) is 1.04. The highest BCUT2D eigenvalue weighted by atomic mass is 16.7. The van der Waals surface area contributed by atoms with Crippen molar-refractivity contribution in [3.05, 3.63) is 18.0 Å². The normalized spacial score (nSPS) is 10.5. The Morgan fingerprint density at radius 2 is 2.31 bits per heavy atom. The summed E-state index contributed by atoms with van der Waals surface area (Å²) in [5.74, 6) is 0.516. The Morgan fingerprint density at radius 3 is 2.85 bits per heavy atom. The molecule has 0 fully saturated rings. The van der Waals surface area contributed by atoms with Crippen molar-refractivity contribution in [1.82, 2.24) is 9.94 Å². The van der Waals surface area contributed by atoms with Crippen molar-refractivity contribution < 1.29 is 14.8 Å². The Morgan fingerprint density at radius 1 is 1.62 bits per heavy atom. The van der Waals surface area contributed by atoms with E-state index < -0.39 is 7.32 Å². The summed E-state index contributed by atoms with van der Waals surface area (Å²) in [5, 5.41) is 20.9. The van der Waals surface area contributed by atoms with Crippen molar-refractivity contribution in [2.45, 2.75) is 20.3 Å². The predicted molar refractivity (Wildman–Crippen MR) is 47.5 cm³/mol. The van der Waals surface area contributed by atoms with Gasteiger partial charge in [-0.3, -0.25) is 0 Å². The summed E-state index contributed by atoms with van der Waals surface area (Å²) in [6.07, 6.45) is 2.38. The Bertz CT molecular complexity index is 237. The van der Waals surface area contributed by atoms with E-state index in [0.29, 0.717) is 5.92 Å². The van der Waals surface area contributed by atoms with Gasteiger partial charge in [0.15, 0.2) is 0 Å². The fourth-order valence-electron chi connectivity index (χ4n) is 1.03. The molecule has 1 heterocycles. The Labute approximate surface area is 77.1 Å². The van der Waals surface area contributed by atoms with Gasteiger partial charge in [0.1, 0.15) is 0 Å². The van der Waals surface area contributed by atoms with Gasteiger partial charge in [-0.05, 0) is 18.4 Å². The molecule has 72 valence electrons. The molecule has 1 aromatic rings. The lowest BCUT2D eigenvalue weighted by atomic mass is 10.1. The van der Waals surface area contributed by atoms with Crippen LogP contribution in [0.15, 0.2) is 12.3 Å². The number of rotatable bonds is 4. The zero-order chi connectivity index (χ0) is 9.84. The molecule has 5 nitrogen and oxygen atoms in total. The van der Waals surface area contributed by atoms with Crippen LogP contribution in [0, 0.1) is 5.92 Å². The van der Waals surface area contributed by atoms with E-state index in [1.54, 1.807) is 6.07 Å². The summed E-state index contributed by atoms with van der Waals surface area (Å²) in [6, 6.07) is 1.78. The predicted octanol–water partition coefficient (Wildman–Crippen LogP) is -0.520. The molecular formula is C7H13BN2O3. The summed E-state index contributed by atoms with van der Waals surface area (Å²) in [5.41, 5.74) is 0.871. The third-order valence-electron chi connectivity index (χ3n) is 1.44. The maximum Gasteiger partial charge on any atom is 0.729 e. The molecule has 0 amide bonds. The summed E-state index contributed by atoms with van der Waals surface area (Å²) in [6.45, 7) is 4.17. The second-order valence-electron chi connectivity index (χ2n) is 3.24. The van der Waals surface area contributed by atoms with Crippen LogP contribution < -0.4 is 4.76 Å². The van der Waals surface area contributed by atoms with Gasteiger partial charge < -0.3 is 14.8 Å². The van der Waals surface area contributed by atoms with Crippen molar-refractivity contribution >= 4 is 7.32 Å². The molecular weight excluding hydrogens is 171 g/mol. The topological polar surface area (TPSA) is 67.5 Å². The van der Waals surface area contributed by atoms with Crippen LogP contribution in [0.2, 0.25) is 0 Å². The molecule has 1 rings (SSSR count). The van der Waals surface area contributed by atoms with Crippen LogP contribution in [0.3, 0.4) is 0 Å². The zero-order valence-corrected chi connectivity index (χ0v) is 7.71. The maximum atomic E-state index is 8.47. The number of aromatic nitrogens is 2. The first-order valence-corrected chi connectivity index (χ1v) is 4.15. The van der Waals surface area contributed by atoms with E-state index in [2.05, 4.69) is 23.7 Å². The molecule has 0 bridgehead atoms. The van der Waals surface area contributed by atoms with E-state index in [1.807, 2.05) is 0 Å². The molecule has 0 aromatic carbocycles. The first kappa shape index (κ1) is 10.1. The lowest BCUT2D eigenvalue weighted by Gasteiger charge is -2.02. The Kier molecular flexibility index (Phi) is 3.33. The van der Waals surface area contributed by atoms with Gasteiger partial charge in [0, 0.05) is 0 Å². The molecule has 0 unspecified atom stereocenters. The molecule has 0 radical (unpaired) electrons. The smallest absolute Gasteiger partial charge is 0.405 e. The van der Waals surface area contributed by atoms with Crippen LogP contribution in [-0.4, -0.2) is 27.3 Å². The van der Waals surface area contributed by atoms with Crippen molar-refractivity contribution in [3.63, 3.8) is 0 Å². The highest BCUT2D eigenvalue weighted by molar-refractivity contribution is 6.32. The molecule has 0 aliphatic carbocycles. The van der Waals surface area contributed by atoms with Gasteiger partial charge >= 0.3 is 7.32 Å². The Hall–Kier alpha value is -1.01. The van der Waals surface area contributed by atoms with Crippen LogP contribution in [0.1, 0.15) is 19.5 Å².